The molecule has 1 aliphatic heterocycles. The van der Waals surface area contributed by atoms with Crippen molar-refractivity contribution < 1.29 is 9.13 Å². The lowest BCUT2D eigenvalue weighted by Crippen LogP contribution is -2.61. The highest BCUT2D eigenvalue weighted by atomic mass is 35.5. The summed E-state index contributed by atoms with van der Waals surface area (Å²) in [5.74, 6) is -0.376. The van der Waals surface area contributed by atoms with Gasteiger partial charge >= 0.3 is 0 Å². The molecular formula is C11H13ClFNO. The summed E-state index contributed by atoms with van der Waals surface area (Å²) in [7, 11) is 1.70. The zero-order valence-electron chi connectivity index (χ0n) is 8.52. The van der Waals surface area contributed by atoms with Gasteiger partial charge in [-0.3, -0.25) is 0 Å². The van der Waals surface area contributed by atoms with Gasteiger partial charge in [-0.15, -0.1) is 0 Å². The Morgan fingerprint density at radius 3 is 2.73 bits per heavy atom. The third-order valence-electron chi connectivity index (χ3n) is 2.84. The molecule has 0 bridgehead atoms. The molecule has 0 saturated carbocycles. The van der Waals surface area contributed by atoms with Crippen LogP contribution in [0.2, 0.25) is 5.02 Å². The van der Waals surface area contributed by atoms with Crippen LogP contribution in [-0.2, 0) is 11.2 Å². The van der Waals surface area contributed by atoms with Crippen molar-refractivity contribution in [3.05, 3.63) is 34.6 Å². The molecule has 0 spiro atoms. The van der Waals surface area contributed by atoms with Crippen LogP contribution < -0.4 is 5.32 Å². The van der Waals surface area contributed by atoms with Crippen molar-refractivity contribution in [1.82, 2.24) is 5.32 Å². The van der Waals surface area contributed by atoms with Crippen LogP contribution in [0.25, 0.3) is 0 Å². The van der Waals surface area contributed by atoms with E-state index in [1.165, 1.54) is 6.07 Å². The molecule has 0 amide bonds. The Labute approximate surface area is 93.4 Å². The van der Waals surface area contributed by atoms with Crippen molar-refractivity contribution in [1.29, 1.82) is 0 Å². The van der Waals surface area contributed by atoms with Crippen molar-refractivity contribution in [2.24, 2.45) is 0 Å². The van der Waals surface area contributed by atoms with E-state index in [1.54, 1.807) is 19.2 Å². The maximum atomic E-state index is 12.9. The number of hydrogen-bond donors (Lipinski definition) is 1. The number of benzene rings is 1. The largest absolute Gasteiger partial charge is 0.375 e. The van der Waals surface area contributed by atoms with E-state index in [4.69, 9.17) is 16.3 Å². The van der Waals surface area contributed by atoms with Crippen LogP contribution in [0.15, 0.2) is 18.2 Å². The summed E-state index contributed by atoms with van der Waals surface area (Å²) < 4.78 is 18.4. The van der Waals surface area contributed by atoms with Crippen molar-refractivity contribution in [3.63, 3.8) is 0 Å². The normalized spacial score (nSPS) is 18.6. The van der Waals surface area contributed by atoms with Crippen LogP contribution in [0.3, 0.4) is 0 Å². The van der Waals surface area contributed by atoms with Gasteiger partial charge in [-0.2, -0.15) is 0 Å². The fourth-order valence-corrected chi connectivity index (χ4v) is 1.97. The van der Waals surface area contributed by atoms with E-state index in [9.17, 15) is 4.39 Å². The highest BCUT2D eigenvalue weighted by Gasteiger charge is 2.36. The SMILES string of the molecule is COC1(Cc2ccc(F)c(Cl)c2)CNC1. The third kappa shape index (κ3) is 2.14. The Morgan fingerprint density at radius 2 is 2.27 bits per heavy atom. The lowest BCUT2D eigenvalue weighted by atomic mass is 9.89. The first-order valence-electron chi connectivity index (χ1n) is 4.85. The van der Waals surface area contributed by atoms with Crippen LogP contribution >= 0.6 is 11.6 Å². The van der Waals surface area contributed by atoms with Gasteiger partial charge in [0, 0.05) is 26.6 Å². The highest BCUT2D eigenvalue weighted by molar-refractivity contribution is 6.30. The summed E-state index contributed by atoms with van der Waals surface area (Å²) in [6.45, 7) is 1.66. The van der Waals surface area contributed by atoms with Crippen molar-refractivity contribution >= 4 is 11.6 Å². The molecule has 2 rings (SSSR count). The maximum absolute atomic E-state index is 12.9. The lowest BCUT2D eigenvalue weighted by molar-refractivity contribution is -0.0502. The minimum atomic E-state index is -0.376. The van der Waals surface area contributed by atoms with E-state index < -0.39 is 0 Å². The van der Waals surface area contributed by atoms with E-state index in [0.717, 1.165) is 25.1 Å². The van der Waals surface area contributed by atoms with Gasteiger partial charge in [0.2, 0.25) is 0 Å². The van der Waals surface area contributed by atoms with Gasteiger partial charge in [0.15, 0.2) is 0 Å². The van der Waals surface area contributed by atoms with E-state index >= 15 is 0 Å². The molecule has 1 N–H and O–H groups in total. The van der Waals surface area contributed by atoms with Gasteiger partial charge in [-0.1, -0.05) is 17.7 Å². The van der Waals surface area contributed by atoms with Crippen molar-refractivity contribution in [3.8, 4) is 0 Å². The summed E-state index contributed by atoms with van der Waals surface area (Å²) >= 11 is 5.72. The molecule has 1 heterocycles. The molecule has 2 nitrogen and oxygen atoms in total. The fourth-order valence-electron chi connectivity index (χ4n) is 1.77. The Kier molecular flexibility index (Phi) is 2.96. The molecule has 1 fully saturated rings. The minimum Gasteiger partial charge on any atom is -0.375 e. The number of hydrogen-bond acceptors (Lipinski definition) is 2. The summed E-state index contributed by atoms with van der Waals surface area (Å²) in [6, 6.07) is 4.81. The molecule has 15 heavy (non-hydrogen) atoms. The van der Waals surface area contributed by atoms with E-state index in [-0.39, 0.29) is 16.4 Å². The van der Waals surface area contributed by atoms with Gasteiger partial charge in [0.1, 0.15) is 5.82 Å². The molecular weight excluding hydrogens is 217 g/mol. The van der Waals surface area contributed by atoms with Gasteiger partial charge < -0.3 is 10.1 Å². The minimum absolute atomic E-state index is 0.138. The van der Waals surface area contributed by atoms with Crippen LogP contribution in [0.5, 0.6) is 0 Å². The van der Waals surface area contributed by atoms with E-state index in [0.29, 0.717) is 0 Å². The summed E-state index contributed by atoms with van der Waals surface area (Å²) in [5, 5.41) is 3.34. The van der Waals surface area contributed by atoms with E-state index in [1.807, 2.05) is 0 Å². The van der Waals surface area contributed by atoms with Crippen LogP contribution in [0.4, 0.5) is 4.39 Å². The molecule has 1 aromatic rings. The molecule has 0 aliphatic carbocycles. The zero-order valence-corrected chi connectivity index (χ0v) is 9.27. The second kappa shape index (κ2) is 4.08. The molecule has 0 unspecified atom stereocenters. The van der Waals surface area contributed by atoms with Crippen LogP contribution in [0.1, 0.15) is 5.56 Å². The Hall–Kier alpha value is -0.640. The predicted octanol–water partition coefficient (Wildman–Crippen LogP) is 2.01. The molecule has 0 aromatic heterocycles. The molecule has 1 saturated heterocycles. The number of methoxy groups -OCH3 is 1. The van der Waals surface area contributed by atoms with Gasteiger partial charge in [0.25, 0.3) is 0 Å². The Balaban J connectivity index is 2.13. The Bertz CT molecular complexity index is 360. The molecule has 4 heteroatoms. The number of rotatable bonds is 3. The average molecular weight is 230 g/mol. The first-order chi connectivity index (χ1) is 7.15. The van der Waals surface area contributed by atoms with Crippen LogP contribution in [0, 0.1) is 5.82 Å². The predicted molar refractivity (Wildman–Crippen MR) is 57.7 cm³/mol. The highest BCUT2D eigenvalue weighted by Crippen LogP contribution is 2.24. The zero-order chi connectivity index (χ0) is 10.9. The summed E-state index contributed by atoms with van der Waals surface area (Å²) in [6.07, 6.45) is 0.760. The Morgan fingerprint density at radius 1 is 1.53 bits per heavy atom. The maximum Gasteiger partial charge on any atom is 0.141 e. The molecule has 0 atom stereocenters. The average Bonchev–Trinajstić information content (AvgIpc) is 2.17. The molecule has 1 aliphatic rings. The van der Waals surface area contributed by atoms with Crippen LogP contribution in [-0.4, -0.2) is 25.8 Å². The fraction of sp³-hybridized carbons (Fsp3) is 0.455. The van der Waals surface area contributed by atoms with Crippen molar-refractivity contribution in [2.75, 3.05) is 20.2 Å². The van der Waals surface area contributed by atoms with Gasteiger partial charge in [-0.05, 0) is 17.7 Å². The number of nitrogens with one attached hydrogen (secondary N) is 1. The number of ether oxygens (including phenoxy) is 1. The second-order valence-electron chi connectivity index (χ2n) is 3.92. The van der Waals surface area contributed by atoms with Crippen molar-refractivity contribution in [2.45, 2.75) is 12.0 Å². The summed E-state index contributed by atoms with van der Waals surface area (Å²) in [5.41, 5.74) is 0.867. The standard InChI is InChI=1S/C11H13ClFNO/c1-15-11(6-14-7-11)5-8-2-3-10(13)9(12)4-8/h2-4,14H,5-7H2,1H3. The second-order valence-corrected chi connectivity index (χ2v) is 4.32. The molecule has 82 valence electrons. The van der Waals surface area contributed by atoms with Gasteiger partial charge in [-0.25, -0.2) is 4.39 Å². The molecule has 1 aromatic carbocycles. The third-order valence-corrected chi connectivity index (χ3v) is 3.13. The quantitative estimate of drug-likeness (QED) is 0.856. The van der Waals surface area contributed by atoms with E-state index in [2.05, 4.69) is 5.32 Å². The monoisotopic (exact) mass is 229 g/mol. The topological polar surface area (TPSA) is 21.3 Å². The lowest BCUT2D eigenvalue weighted by Gasteiger charge is -2.41. The first-order valence-corrected chi connectivity index (χ1v) is 5.23. The smallest absolute Gasteiger partial charge is 0.141 e. The number of halogens is 2. The van der Waals surface area contributed by atoms with Gasteiger partial charge in [0.05, 0.1) is 10.6 Å². The molecule has 0 radical (unpaired) electrons. The summed E-state index contributed by atoms with van der Waals surface area (Å²) in [4.78, 5) is 0. The first kappa shape index (κ1) is 10.9.